The molecule has 204 valence electrons. The van der Waals surface area contributed by atoms with Crippen LogP contribution >= 0.6 is 23.2 Å². The Hall–Kier alpha value is -3.63. The maximum Gasteiger partial charge on any atom is 0.331 e. The van der Waals surface area contributed by atoms with Crippen LogP contribution in [0.1, 0.15) is 21.5 Å². The Kier molecular flexibility index (Phi) is 9.08. The van der Waals surface area contributed by atoms with E-state index in [1.807, 2.05) is 24.3 Å². The van der Waals surface area contributed by atoms with Crippen LogP contribution in [-0.2, 0) is 27.3 Å². The molecule has 0 unspecified atom stereocenters. The molecule has 0 saturated heterocycles. The molecule has 1 atom stereocenters. The molecule has 4 rings (SSSR count). The summed E-state index contributed by atoms with van der Waals surface area (Å²) in [6, 6.07) is 18.5. The number of hydrogen-bond donors (Lipinski definition) is 1. The SMILES string of the molecule is CN(C)OCOC(=O)[C@H](Cc1ccc(N2Cc3ccccc3N(C)C2=O)cc1)NC(=O)c1c(Cl)cccc1Cl. The number of nitrogens with one attached hydrogen (secondary N) is 1. The predicted octanol–water partition coefficient (Wildman–Crippen LogP) is 4.90. The number of rotatable bonds is 9. The van der Waals surface area contributed by atoms with E-state index in [0.717, 1.165) is 16.8 Å². The molecule has 0 fully saturated rings. The Balaban J connectivity index is 1.52. The molecular weight excluding hydrogens is 543 g/mol. The summed E-state index contributed by atoms with van der Waals surface area (Å²) < 4.78 is 5.22. The van der Waals surface area contributed by atoms with Crippen molar-refractivity contribution in [2.45, 2.75) is 19.0 Å². The first kappa shape index (κ1) is 28.4. The Morgan fingerprint density at radius 3 is 2.33 bits per heavy atom. The van der Waals surface area contributed by atoms with Crippen molar-refractivity contribution in [2.24, 2.45) is 0 Å². The van der Waals surface area contributed by atoms with E-state index in [-0.39, 0.29) is 34.9 Å². The van der Waals surface area contributed by atoms with Crippen LogP contribution in [0, 0.1) is 0 Å². The van der Waals surface area contributed by atoms with Gasteiger partial charge in [-0.2, -0.15) is 5.06 Å². The van der Waals surface area contributed by atoms with Gasteiger partial charge in [-0.25, -0.2) is 9.59 Å². The lowest BCUT2D eigenvalue weighted by Crippen LogP contribution is -2.45. The molecule has 0 saturated carbocycles. The first-order chi connectivity index (χ1) is 18.7. The van der Waals surface area contributed by atoms with Gasteiger partial charge in [-0.15, -0.1) is 0 Å². The van der Waals surface area contributed by atoms with E-state index in [1.54, 1.807) is 61.3 Å². The van der Waals surface area contributed by atoms with E-state index in [4.69, 9.17) is 32.8 Å². The third-order valence-corrected chi connectivity index (χ3v) is 6.81. The number of halogens is 2. The molecular formula is C28H28Cl2N4O5. The fourth-order valence-corrected chi connectivity index (χ4v) is 4.74. The van der Waals surface area contributed by atoms with Crippen molar-refractivity contribution in [2.75, 3.05) is 37.7 Å². The van der Waals surface area contributed by atoms with Gasteiger partial charge in [0.15, 0.2) is 0 Å². The maximum absolute atomic E-state index is 13.0. The van der Waals surface area contributed by atoms with Crippen molar-refractivity contribution in [1.29, 1.82) is 0 Å². The molecule has 9 nitrogen and oxygen atoms in total. The predicted molar refractivity (Wildman–Crippen MR) is 150 cm³/mol. The molecule has 3 amide bonds. The second-order valence-electron chi connectivity index (χ2n) is 9.07. The normalized spacial score (nSPS) is 13.7. The first-order valence-electron chi connectivity index (χ1n) is 12.1. The largest absolute Gasteiger partial charge is 0.435 e. The fraction of sp³-hybridized carbons (Fsp3) is 0.250. The van der Waals surface area contributed by atoms with Crippen molar-refractivity contribution in [1.82, 2.24) is 10.4 Å². The lowest BCUT2D eigenvalue weighted by molar-refractivity contribution is -0.204. The molecule has 1 heterocycles. The second kappa shape index (κ2) is 12.5. The zero-order valence-electron chi connectivity index (χ0n) is 21.7. The van der Waals surface area contributed by atoms with Crippen LogP contribution in [0.2, 0.25) is 10.0 Å². The molecule has 0 aliphatic carbocycles. The molecule has 0 spiro atoms. The average Bonchev–Trinajstić information content (AvgIpc) is 2.90. The van der Waals surface area contributed by atoms with Crippen LogP contribution in [0.25, 0.3) is 0 Å². The number of carbonyl (C=O) groups excluding carboxylic acids is 3. The standard InChI is InChI=1S/C28H28Cl2N4O5/c1-32(2)39-17-38-27(36)23(31-26(35)25-21(29)8-6-9-22(25)30)15-18-11-13-20(14-12-18)34-16-19-7-4-5-10-24(19)33(3)28(34)37/h4-14,23H,15-17H2,1-3H3,(H,31,35)/t23-/m0/s1. The molecule has 39 heavy (non-hydrogen) atoms. The smallest absolute Gasteiger partial charge is 0.331 e. The van der Waals surface area contributed by atoms with Gasteiger partial charge in [-0.05, 0) is 41.5 Å². The number of para-hydroxylation sites is 1. The number of nitrogens with zero attached hydrogens (tertiary/aromatic N) is 3. The summed E-state index contributed by atoms with van der Waals surface area (Å²) >= 11 is 12.4. The minimum atomic E-state index is -1.06. The topological polar surface area (TPSA) is 91.4 Å². The summed E-state index contributed by atoms with van der Waals surface area (Å²) in [6.07, 6.45) is 0.117. The lowest BCUT2D eigenvalue weighted by atomic mass is 10.0. The number of carbonyl (C=O) groups is 3. The summed E-state index contributed by atoms with van der Waals surface area (Å²) in [7, 11) is 5.04. The van der Waals surface area contributed by atoms with Crippen LogP contribution < -0.4 is 15.1 Å². The molecule has 1 aliphatic heterocycles. The molecule has 0 bridgehead atoms. The number of anilines is 2. The lowest BCUT2D eigenvalue weighted by Gasteiger charge is -2.35. The van der Waals surface area contributed by atoms with Crippen LogP contribution in [0.3, 0.4) is 0 Å². The van der Waals surface area contributed by atoms with Crippen LogP contribution in [-0.4, -0.2) is 56.9 Å². The van der Waals surface area contributed by atoms with Crippen molar-refractivity contribution >= 4 is 52.5 Å². The van der Waals surface area contributed by atoms with Gasteiger partial charge in [0.05, 0.1) is 27.8 Å². The molecule has 0 aromatic heterocycles. The number of fused-ring (bicyclic) bond motifs is 1. The molecule has 3 aromatic carbocycles. The highest BCUT2D eigenvalue weighted by atomic mass is 35.5. The Bertz CT molecular complexity index is 1350. The number of hydrogen-bond acceptors (Lipinski definition) is 6. The summed E-state index contributed by atoms with van der Waals surface area (Å²) in [5, 5.41) is 4.39. The van der Waals surface area contributed by atoms with E-state index >= 15 is 0 Å². The van der Waals surface area contributed by atoms with E-state index < -0.39 is 17.9 Å². The van der Waals surface area contributed by atoms with Crippen LogP contribution in [0.4, 0.5) is 16.2 Å². The van der Waals surface area contributed by atoms with Crippen molar-refractivity contribution in [3.05, 3.63) is 93.5 Å². The quantitative estimate of drug-likeness (QED) is 0.223. The Morgan fingerprint density at radius 1 is 1.00 bits per heavy atom. The number of esters is 1. The number of hydroxylamine groups is 2. The maximum atomic E-state index is 13.0. The highest BCUT2D eigenvalue weighted by molar-refractivity contribution is 6.39. The van der Waals surface area contributed by atoms with Gasteiger partial charge in [0.25, 0.3) is 5.91 Å². The van der Waals surface area contributed by atoms with Gasteiger partial charge in [0, 0.05) is 33.3 Å². The first-order valence-corrected chi connectivity index (χ1v) is 12.8. The fourth-order valence-electron chi connectivity index (χ4n) is 4.17. The Labute approximate surface area is 236 Å². The third kappa shape index (κ3) is 6.69. The van der Waals surface area contributed by atoms with Crippen molar-refractivity contribution in [3.63, 3.8) is 0 Å². The zero-order valence-corrected chi connectivity index (χ0v) is 23.2. The highest BCUT2D eigenvalue weighted by Gasteiger charge is 2.29. The molecule has 11 heteroatoms. The van der Waals surface area contributed by atoms with Gasteiger partial charge in [-0.3, -0.25) is 19.4 Å². The van der Waals surface area contributed by atoms with E-state index in [2.05, 4.69) is 5.32 Å². The van der Waals surface area contributed by atoms with Gasteiger partial charge < -0.3 is 10.1 Å². The number of urea groups is 1. The van der Waals surface area contributed by atoms with Gasteiger partial charge in [0.1, 0.15) is 6.04 Å². The minimum absolute atomic E-state index is 0.0616. The molecule has 1 aliphatic rings. The average molecular weight is 571 g/mol. The van der Waals surface area contributed by atoms with Gasteiger partial charge >= 0.3 is 12.0 Å². The molecule has 1 N–H and O–H groups in total. The third-order valence-electron chi connectivity index (χ3n) is 6.18. The van der Waals surface area contributed by atoms with Gasteiger partial charge in [0.2, 0.25) is 6.79 Å². The monoisotopic (exact) mass is 570 g/mol. The van der Waals surface area contributed by atoms with Crippen molar-refractivity contribution < 1.29 is 24.0 Å². The zero-order chi connectivity index (χ0) is 28.1. The number of benzene rings is 3. The molecule has 3 aromatic rings. The molecule has 0 radical (unpaired) electrons. The Morgan fingerprint density at radius 2 is 1.67 bits per heavy atom. The van der Waals surface area contributed by atoms with Crippen molar-refractivity contribution in [3.8, 4) is 0 Å². The summed E-state index contributed by atoms with van der Waals surface area (Å²) in [4.78, 5) is 47.4. The highest BCUT2D eigenvalue weighted by Crippen LogP contribution is 2.31. The minimum Gasteiger partial charge on any atom is -0.435 e. The van der Waals surface area contributed by atoms with Crippen LogP contribution in [0.15, 0.2) is 66.7 Å². The van der Waals surface area contributed by atoms with E-state index in [0.29, 0.717) is 12.2 Å². The van der Waals surface area contributed by atoms with Gasteiger partial charge in [-0.1, -0.05) is 59.6 Å². The summed E-state index contributed by atoms with van der Waals surface area (Å²) in [5.41, 5.74) is 3.41. The number of ether oxygens (including phenoxy) is 1. The van der Waals surface area contributed by atoms with E-state index in [1.165, 1.54) is 17.2 Å². The summed E-state index contributed by atoms with van der Waals surface area (Å²) in [6.45, 7) is 0.115. The number of amides is 3. The second-order valence-corrected chi connectivity index (χ2v) is 9.89. The van der Waals surface area contributed by atoms with E-state index in [9.17, 15) is 14.4 Å². The van der Waals surface area contributed by atoms with Crippen LogP contribution in [0.5, 0.6) is 0 Å². The summed E-state index contributed by atoms with van der Waals surface area (Å²) in [5.74, 6) is -1.31.